The van der Waals surface area contributed by atoms with Gasteiger partial charge in [-0.25, -0.2) is 19.6 Å². The van der Waals surface area contributed by atoms with E-state index in [0.29, 0.717) is 23.5 Å². The zero-order valence-electron chi connectivity index (χ0n) is 22.2. The van der Waals surface area contributed by atoms with Crippen molar-refractivity contribution < 1.29 is 28.6 Å². The lowest BCUT2D eigenvalue weighted by Crippen LogP contribution is -2.47. The monoisotopic (exact) mass is 534 g/mol. The average Bonchev–Trinajstić information content (AvgIpc) is 3.43. The zero-order chi connectivity index (χ0) is 27.7. The molecule has 0 bridgehead atoms. The molecule has 1 aromatic carbocycles. The van der Waals surface area contributed by atoms with Gasteiger partial charge in [0.1, 0.15) is 5.60 Å². The second kappa shape index (κ2) is 10.4. The summed E-state index contributed by atoms with van der Waals surface area (Å²) >= 11 is 0. The van der Waals surface area contributed by atoms with Gasteiger partial charge in [0.2, 0.25) is 6.10 Å². The Morgan fingerprint density at radius 3 is 2.44 bits per heavy atom. The normalized spacial score (nSPS) is 20.9. The highest BCUT2D eigenvalue weighted by molar-refractivity contribution is 6.02. The van der Waals surface area contributed by atoms with E-state index in [-0.39, 0.29) is 25.1 Å². The third kappa shape index (κ3) is 5.54. The number of amides is 2. The summed E-state index contributed by atoms with van der Waals surface area (Å²) in [6, 6.07) is 9.95. The van der Waals surface area contributed by atoms with Crippen LogP contribution in [0.15, 0.2) is 55.0 Å². The van der Waals surface area contributed by atoms with Gasteiger partial charge >= 0.3 is 18.1 Å². The number of rotatable bonds is 5. The Hall–Kier alpha value is -4.48. The summed E-state index contributed by atoms with van der Waals surface area (Å²) in [5.74, 6) is -1.13. The van der Waals surface area contributed by atoms with E-state index in [1.807, 2.05) is 27.7 Å². The fraction of sp³-hybridized carbons (Fsp3) is 0.407. The Balaban J connectivity index is 1.42. The molecule has 12 nitrogen and oxygen atoms in total. The number of carbonyl (C=O) groups excluding carboxylic acids is 3. The highest BCUT2D eigenvalue weighted by Crippen LogP contribution is 2.32. The maximum atomic E-state index is 13.7. The average molecular weight is 535 g/mol. The molecule has 39 heavy (non-hydrogen) atoms. The lowest BCUT2D eigenvalue weighted by molar-refractivity contribution is -0.127. The number of benzene rings is 1. The van der Waals surface area contributed by atoms with E-state index >= 15 is 0 Å². The van der Waals surface area contributed by atoms with Gasteiger partial charge in [-0.2, -0.15) is 5.10 Å². The van der Waals surface area contributed by atoms with Crippen molar-refractivity contribution in [2.24, 2.45) is 0 Å². The highest BCUT2D eigenvalue weighted by atomic mass is 16.6. The highest BCUT2D eigenvalue weighted by Gasteiger charge is 2.48. The maximum Gasteiger partial charge on any atom is 0.410 e. The van der Waals surface area contributed by atoms with Crippen LogP contribution in [0.1, 0.15) is 43.7 Å². The molecule has 2 aliphatic heterocycles. The largest absolute Gasteiger partial charge is 0.454 e. The number of anilines is 1. The van der Waals surface area contributed by atoms with Crippen molar-refractivity contribution in [2.75, 3.05) is 11.4 Å². The van der Waals surface area contributed by atoms with Crippen LogP contribution in [0.3, 0.4) is 0 Å². The topological polar surface area (TPSA) is 129 Å². The summed E-state index contributed by atoms with van der Waals surface area (Å²) < 4.78 is 19.0. The maximum absolute atomic E-state index is 13.7. The van der Waals surface area contributed by atoms with Crippen LogP contribution < -0.4 is 9.64 Å². The first-order valence-electron chi connectivity index (χ1n) is 12.7. The number of esters is 1. The molecule has 1 saturated heterocycles. The second-order valence-corrected chi connectivity index (χ2v) is 10.4. The molecule has 0 aliphatic carbocycles. The number of hydrogen-bond donors (Lipinski definition) is 0. The molecule has 2 aliphatic rings. The summed E-state index contributed by atoms with van der Waals surface area (Å²) in [7, 11) is 0. The predicted molar refractivity (Wildman–Crippen MR) is 138 cm³/mol. The third-order valence-corrected chi connectivity index (χ3v) is 6.39. The van der Waals surface area contributed by atoms with Crippen LogP contribution in [0.25, 0.3) is 0 Å². The quantitative estimate of drug-likeness (QED) is 0.454. The van der Waals surface area contributed by atoms with E-state index in [0.717, 1.165) is 0 Å². The SMILES string of the molecule is CC1Cn2ncc(N3C[C@@H](Oc4ncccn4)[C@H](OC(=O)c4ccccc4)C3=O)c2CN1C(=O)OC(C)(C)C. The summed E-state index contributed by atoms with van der Waals surface area (Å²) in [5, 5.41) is 4.47. The fourth-order valence-electron chi connectivity index (χ4n) is 4.54. The molecule has 5 rings (SSSR count). The van der Waals surface area contributed by atoms with Crippen molar-refractivity contribution in [2.45, 2.75) is 64.6 Å². The summed E-state index contributed by atoms with van der Waals surface area (Å²) in [4.78, 5) is 50.8. The summed E-state index contributed by atoms with van der Waals surface area (Å²) in [6.45, 7) is 8.03. The Bertz CT molecular complexity index is 1360. The Morgan fingerprint density at radius 1 is 1.03 bits per heavy atom. The van der Waals surface area contributed by atoms with E-state index < -0.39 is 35.8 Å². The van der Waals surface area contributed by atoms with Crippen LogP contribution in [0.4, 0.5) is 10.5 Å². The summed E-state index contributed by atoms with van der Waals surface area (Å²) in [5.41, 5.74) is 0.823. The van der Waals surface area contributed by atoms with Gasteiger partial charge in [-0.1, -0.05) is 18.2 Å². The van der Waals surface area contributed by atoms with Gasteiger partial charge in [0.25, 0.3) is 5.91 Å². The van der Waals surface area contributed by atoms with E-state index in [1.54, 1.807) is 52.2 Å². The number of fused-ring (bicyclic) bond motifs is 1. The molecular formula is C27H30N6O6. The minimum absolute atomic E-state index is 0.0554. The molecule has 2 amide bonds. The number of hydrogen-bond acceptors (Lipinski definition) is 9. The second-order valence-electron chi connectivity index (χ2n) is 10.4. The van der Waals surface area contributed by atoms with E-state index in [2.05, 4.69) is 15.1 Å². The van der Waals surface area contributed by atoms with Crippen molar-refractivity contribution in [3.8, 4) is 6.01 Å². The number of nitrogens with zero attached hydrogens (tertiary/aromatic N) is 6. The zero-order valence-corrected chi connectivity index (χ0v) is 22.2. The van der Waals surface area contributed by atoms with Gasteiger partial charge < -0.3 is 19.1 Å². The van der Waals surface area contributed by atoms with Crippen molar-refractivity contribution >= 4 is 23.7 Å². The van der Waals surface area contributed by atoms with Crippen LogP contribution >= 0.6 is 0 Å². The van der Waals surface area contributed by atoms with Gasteiger partial charge in [-0.3, -0.25) is 14.4 Å². The number of aromatic nitrogens is 4. The number of ether oxygens (including phenoxy) is 3. The Labute approximate surface area is 225 Å². The van der Waals surface area contributed by atoms with Gasteiger partial charge in [0.05, 0.1) is 48.8 Å². The Kier molecular flexibility index (Phi) is 6.94. The first-order chi connectivity index (χ1) is 18.6. The van der Waals surface area contributed by atoms with Gasteiger partial charge in [0, 0.05) is 12.4 Å². The minimum Gasteiger partial charge on any atom is -0.454 e. The van der Waals surface area contributed by atoms with Crippen LogP contribution in [0, 0.1) is 0 Å². The van der Waals surface area contributed by atoms with Crippen molar-refractivity contribution in [1.82, 2.24) is 24.6 Å². The number of carbonyl (C=O) groups is 3. The molecule has 204 valence electrons. The lowest BCUT2D eigenvalue weighted by Gasteiger charge is -2.36. The molecule has 2 aromatic heterocycles. The minimum atomic E-state index is -1.25. The first-order valence-corrected chi connectivity index (χ1v) is 12.7. The van der Waals surface area contributed by atoms with Crippen molar-refractivity contribution in [3.63, 3.8) is 0 Å². The third-order valence-electron chi connectivity index (χ3n) is 6.39. The van der Waals surface area contributed by atoms with Gasteiger partial charge in [0.15, 0.2) is 6.10 Å². The van der Waals surface area contributed by atoms with Crippen LogP contribution in [-0.4, -0.2) is 73.0 Å². The van der Waals surface area contributed by atoms with Gasteiger partial charge in [-0.05, 0) is 45.9 Å². The van der Waals surface area contributed by atoms with Crippen molar-refractivity contribution in [3.05, 3.63) is 66.2 Å². The molecule has 3 atom stereocenters. The van der Waals surface area contributed by atoms with Crippen LogP contribution in [-0.2, 0) is 27.4 Å². The fourth-order valence-corrected chi connectivity index (χ4v) is 4.54. The van der Waals surface area contributed by atoms with Gasteiger partial charge in [-0.15, -0.1) is 0 Å². The predicted octanol–water partition coefficient (Wildman–Crippen LogP) is 2.83. The molecule has 0 saturated carbocycles. The summed E-state index contributed by atoms with van der Waals surface area (Å²) in [6.07, 6.45) is 2.04. The standard InChI is InChI=1S/C27H30N6O6/c1-17-14-33-20(15-31(17)26(36)39-27(2,3)4)19(13-30-33)32-16-21(37-25-28-11-8-12-29-25)22(23(32)34)38-24(35)18-9-6-5-7-10-18/h5-13,17,21-22H,14-16H2,1-4H3/t17?,21-,22+/m1/s1. The smallest absolute Gasteiger partial charge is 0.410 e. The van der Waals surface area contributed by atoms with E-state index in [9.17, 15) is 14.4 Å². The molecule has 0 radical (unpaired) electrons. The molecule has 4 heterocycles. The molecule has 1 unspecified atom stereocenters. The molecular weight excluding hydrogens is 504 g/mol. The lowest BCUT2D eigenvalue weighted by atomic mass is 10.2. The van der Waals surface area contributed by atoms with Crippen LogP contribution in [0.5, 0.6) is 6.01 Å². The molecule has 0 spiro atoms. The molecule has 3 aromatic rings. The van der Waals surface area contributed by atoms with Crippen LogP contribution in [0.2, 0.25) is 0 Å². The van der Waals surface area contributed by atoms with Crippen molar-refractivity contribution in [1.29, 1.82) is 0 Å². The first kappa shape index (κ1) is 26.1. The van der Waals surface area contributed by atoms with E-state index in [4.69, 9.17) is 14.2 Å². The molecule has 0 N–H and O–H groups in total. The van der Waals surface area contributed by atoms with E-state index in [1.165, 1.54) is 17.3 Å². The molecule has 1 fully saturated rings. The molecule has 12 heteroatoms. The Morgan fingerprint density at radius 2 is 1.74 bits per heavy atom.